The number of amides is 2. The summed E-state index contributed by atoms with van der Waals surface area (Å²) in [6.45, 7) is 8.73. The molecule has 108 valence electrons. The van der Waals surface area contributed by atoms with Gasteiger partial charge in [0.15, 0.2) is 0 Å². The van der Waals surface area contributed by atoms with Crippen molar-refractivity contribution in [2.75, 3.05) is 13.1 Å². The first-order valence-corrected chi connectivity index (χ1v) is 6.99. The normalized spacial score (nSPS) is 30.1. The molecule has 3 atom stereocenters. The van der Waals surface area contributed by atoms with Gasteiger partial charge < -0.3 is 15.0 Å². The average molecular weight is 268 g/mol. The minimum Gasteiger partial charge on any atom is -0.444 e. The van der Waals surface area contributed by atoms with Crippen molar-refractivity contribution in [3.8, 4) is 0 Å². The molecule has 0 aromatic carbocycles. The van der Waals surface area contributed by atoms with Crippen molar-refractivity contribution in [2.24, 2.45) is 11.8 Å². The van der Waals surface area contributed by atoms with Crippen LogP contribution < -0.4 is 5.32 Å². The first kappa shape index (κ1) is 14.2. The third-order valence-corrected chi connectivity index (χ3v) is 3.81. The second-order valence-corrected chi connectivity index (χ2v) is 6.77. The molecule has 0 spiro atoms. The summed E-state index contributed by atoms with van der Waals surface area (Å²) in [7, 11) is 0. The van der Waals surface area contributed by atoms with E-state index < -0.39 is 5.60 Å². The largest absolute Gasteiger partial charge is 0.444 e. The number of carbonyl (C=O) groups excluding carboxylic acids is 2. The molecule has 1 aliphatic carbocycles. The second-order valence-electron chi connectivity index (χ2n) is 6.77. The summed E-state index contributed by atoms with van der Waals surface area (Å²) in [5.41, 5.74) is -0.437. The third-order valence-electron chi connectivity index (χ3n) is 3.81. The molecule has 2 fully saturated rings. The summed E-state index contributed by atoms with van der Waals surface area (Å²) < 4.78 is 5.40. The lowest BCUT2D eigenvalue weighted by Gasteiger charge is -2.25. The molecule has 2 rings (SSSR count). The first-order chi connectivity index (χ1) is 8.74. The molecule has 1 heterocycles. The molecule has 5 nitrogen and oxygen atoms in total. The highest BCUT2D eigenvalue weighted by atomic mass is 16.6. The maximum Gasteiger partial charge on any atom is 0.410 e. The minimum atomic E-state index is -0.437. The van der Waals surface area contributed by atoms with E-state index in [1.165, 1.54) is 0 Å². The van der Waals surface area contributed by atoms with Crippen LogP contribution >= 0.6 is 0 Å². The van der Waals surface area contributed by atoms with Crippen LogP contribution in [0.5, 0.6) is 0 Å². The van der Waals surface area contributed by atoms with Gasteiger partial charge >= 0.3 is 6.09 Å². The van der Waals surface area contributed by atoms with E-state index in [0.29, 0.717) is 11.8 Å². The molecular formula is C14H24N2O3. The first-order valence-electron chi connectivity index (χ1n) is 6.99. The van der Waals surface area contributed by atoms with Gasteiger partial charge in [-0.25, -0.2) is 4.79 Å². The summed E-state index contributed by atoms with van der Waals surface area (Å²) in [4.78, 5) is 24.8. The summed E-state index contributed by atoms with van der Waals surface area (Å²) in [6, 6.07) is 0.285. The van der Waals surface area contributed by atoms with Crippen LogP contribution in [-0.2, 0) is 9.53 Å². The Kier molecular flexibility index (Phi) is 3.74. The Morgan fingerprint density at radius 1 is 1.16 bits per heavy atom. The van der Waals surface area contributed by atoms with Crippen molar-refractivity contribution in [3.63, 3.8) is 0 Å². The fraction of sp³-hybridized carbons (Fsp3) is 0.857. The Bertz CT molecular complexity index is 361. The van der Waals surface area contributed by atoms with Gasteiger partial charge in [-0.3, -0.25) is 4.79 Å². The summed E-state index contributed by atoms with van der Waals surface area (Å²) in [5, 5.41) is 2.98. The number of rotatable bonds is 1. The highest BCUT2D eigenvalue weighted by Crippen LogP contribution is 2.38. The van der Waals surface area contributed by atoms with Gasteiger partial charge in [0.25, 0.3) is 0 Å². The Labute approximate surface area is 114 Å². The Hall–Kier alpha value is -1.26. The highest BCUT2D eigenvalue weighted by Gasteiger charge is 2.43. The van der Waals surface area contributed by atoms with Gasteiger partial charge in [0.2, 0.25) is 5.91 Å². The number of likely N-dealkylation sites (tertiary alicyclic amines) is 1. The van der Waals surface area contributed by atoms with E-state index in [0.717, 1.165) is 25.9 Å². The molecule has 1 saturated carbocycles. The maximum absolute atomic E-state index is 12.0. The molecule has 1 N–H and O–H groups in total. The topological polar surface area (TPSA) is 58.6 Å². The molecule has 0 radical (unpaired) electrons. The number of nitrogens with one attached hydrogen (secondary N) is 1. The molecule has 0 bridgehead atoms. The van der Waals surface area contributed by atoms with E-state index in [2.05, 4.69) is 5.32 Å². The van der Waals surface area contributed by atoms with E-state index in [-0.39, 0.29) is 18.0 Å². The van der Waals surface area contributed by atoms with Crippen LogP contribution in [0.3, 0.4) is 0 Å². The zero-order valence-corrected chi connectivity index (χ0v) is 12.2. The lowest BCUT2D eigenvalue weighted by molar-refractivity contribution is -0.119. The van der Waals surface area contributed by atoms with Crippen molar-refractivity contribution in [3.05, 3.63) is 0 Å². The van der Waals surface area contributed by atoms with Crippen LogP contribution in [0.1, 0.15) is 40.5 Å². The average Bonchev–Trinajstić information content (AvgIpc) is 2.70. The van der Waals surface area contributed by atoms with Crippen LogP contribution in [0.4, 0.5) is 4.79 Å². The zero-order valence-electron chi connectivity index (χ0n) is 12.2. The van der Waals surface area contributed by atoms with Gasteiger partial charge in [0, 0.05) is 26.1 Å². The van der Waals surface area contributed by atoms with E-state index in [9.17, 15) is 9.59 Å². The Balaban J connectivity index is 1.84. The van der Waals surface area contributed by atoms with Crippen molar-refractivity contribution in [2.45, 2.75) is 52.2 Å². The molecule has 0 aromatic rings. The van der Waals surface area contributed by atoms with Gasteiger partial charge in [-0.05, 0) is 45.4 Å². The summed E-state index contributed by atoms with van der Waals surface area (Å²) >= 11 is 0. The monoisotopic (exact) mass is 268 g/mol. The van der Waals surface area contributed by atoms with Crippen LogP contribution in [0.15, 0.2) is 0 Å². The molecule has 1 aliphatic heterocycles. The maximum atomic E-state index is 12.0. The minimum absolute atomic E-state index is 0.0361. The molecule has 5 heteroatoms. The lowest BCUT2D eigenvalue weighted by atomic mass is 10.0. The van der Waals surface area contributed by atoms with Gasteiger partial charge in [-0.2, -0.15) is 0 Å². The van der Waals surface area contributed by atoms with E-state index in [4.69, 9.17) is 4.74 Å². The van der Waals surface area contributed by atoms with Crippen LogP contribution in [-0.4, -0.2) is 41.6 Å². The zero-order chi connectivity index (χ0) is 14.2. The highest BCUT2D eigenvalue weighted by molar-refractivity contribution is 5.73. The lowest BCUT2D eigenvalue weighted by Crippen LogP contribution is -2.37. The quantitative estimate of drug-likeness (QED) is 0.788. The fourth-order valence-electron chi connectivity index (χ4n) is 3.18. The fourth-order valence-corrected chi connectivity index (χ4v) is 3.18. The molecule has 1 unspecified atom stereocenters. The van der Waals surface area contributed by atoms with Crippen molar-refractivity contribution in [1.82, 2.24) is 10.2 Å². The number of fused-ring (bicyclic) bond motifs is 1. The van der Waals surface area contributed by atoms with Crippen molar-refractivity contribution in [1.29, 1.82) is 0 Å². The number of hydrogen-bond acceptors (Lipinski definition) is 3. The van der Waals surface area contributed by atoms with Crippen LogP contribution in [0.25, 0.3) is 0 Å². The molecule has 2 aliphatic rings. The van der Waals surface area contributed by atoms with Gasteiger partial charge in [-0.1, -0.05) is 0 Å². The van der Waals surface area contributed by atoms with Crippen LogP contribution in [0, 0.1) is 11.8 Å². The summed E-state index contributed by atoms with van der Waals surface area (Å²) in [5.74, 6) is 1.04. The van der Waals surface area contributed by atoms with Gasteiger partial charge in [-0.15, -0.1) is 0 Å². The van der Waals surface area contributed by atoms with E-state index >= 15 is 0 Å². The molecular weight excluding hydrogens is 244 g/mol. The van der Waals surface area contributed by atoms with Gasteiger partial charge in [0.05, 0.1) is 0 Å². The predicted molar refractivity (Wildman–Crippen MR) is 71.6 cm³/mol. The molecule has 2 amide bonds. The Morgan fingerprint density at radius 2 is 1.68 bits per heavy atom. The predicted octanol–water partition coefficient (Wildman–Crippen LogP) is 1.77. The number of nitrogens with zero attached hydrogens (tertiary/aromatic N) is 1. The number of carbonyl (C=O) groups is 2. The van der Waals surface area contributed by atoms with Gasteiger partial charge in [0.1, 0.15) is 5.60 Å². The van der Waals surface area contributed by atoms with Crippen molar-refractivity contribution < 1.29 is 14.3 Å². The van der Waals surface area contributed by atoms with E-state index in [1.807, 2.05) is 25.7 Å². The van der Waals surface area contributed by atoms with Crippen LogP contribution in [0.2, 0.25) is 0 Å². The molecule has 19 heavy (non-hydrogen) atoms. The van der Waals surface area contributed by atoms with Crippen molar-refractivity contribution >= 4 is 12.0 Å². The number of ether oxygens (including phenoxy) is 1. The van der Waals surface area contributed by atoms with E-state index in [1.54, 1.807) is 6.92 Å². The SMILES string of the molecule is CC(=O)N[C@@H]1CC2CN(C(=O)OC(C)(C)C)C[C@@H]2C1. The molecule has 1 saturated heterocycles. The number of hydrogen-bond donors (Lipinski definition) is 1. The second kappa shape index (κ2) is 5.02. The standard InChI is InChI=1S/C14H24N2O3/c1-9(17)15-12-5-10-7-16(8-11(10)6-12)13(18)19-14(2,3)4/h10-12H,5-8H2,1-4H3,(H,15,17)/t10-,11?,12-/m0/s1. The smallest absolute Gasteiger partial charge is 0.410 e. The molecule has 0 aromatic heterocycles. The summed E-state index contributed by atoms with van der Waals surface area (Å²) in [6.07, 6.45) is 1.74. The Morgan fingerprint density at radius 3 is 2.11 bits per heavy atom. The third kappa shape index (κ3) is 3.61.